The Kier molecular flexibility index (Phi) is 11.6. The lowest BCUT2D eigenvalue weighted by atomic mass is 10.1. The zero-order valence-electron chi connectivity index (χ0n) is 27.1. The summed E-state index contributed by atoms with van der Waals surface area (Å²) in [7, 11) is 1.59. The van der Waals surface area contributed by atoms with Gasteiger partial charge in [-0.1, -0.05) is 88.9 Å². The van der Waals surface area contributed by atoms with Crippen LogP contribution < -0.4 is 10.6 Å². The highest BCUT2D eigenvalue weighted by atomic mass is 35.5. The number of rotatable bonds is 9. The van der Waals surface area contributed by atoms with E-state index in [-0.39, 0.29) is 11.8 Å². The van der Waals surface area contributed by atoms with E-state index in [9.17, 15) is 9.59 Å². The third-order valence-electron chi connectivity index (χ3n) is 7.77. The van der Waals surface area contributed by atoms with E-state index in [0.717, 1.165) is 27.6 Å². The summed E-state index contributed by atoms with van der Waals surface area (Å²) in [5.74, 6) is 0.827. The summed E-state index contributed by atoms with van der Waals surface area (Å²) < 4.78 is 4.92. The van der Waals surface area contributed by atoms with E-state index in [4.69, 9.17) is 51.1 Å². The molecule has 2 aromatic heterocycles. The fourth-order valence-electron chi connectivity index (χ4n) is 5.24. The molecule has 13 heteroatoms. The highest BCUT2D eigenvalue weighted by Crippen LogP contribution is 2.35. The summed E-state index contributed by atoms with van der Waals surface area (Å²) in [6.07, 6.45) is 0. The summed E-state index contributed by atoms with van der Waals surface area (Å²) in [4.78, 5) is 40.0. The number of carbonyl (C=O) groups is 2. The summed E-state index contributed by atoms with van der Waals surface area (Å²) in [5.41, 5.74) is 6.38. The van der Waals surface area contributed by atoms with E-state index in [1.165, 1.54) is 0 Å². The van der Waals surface area contributed by atoms with E-state index >= 15 is 0 Å². The molecule has 0 bridgehead atoms. The van der Waals surface area contributed by atoms with Crippen LogP contribution in [-0.4, -0.2) is 52.0 Å². The van der Waals surface area contributed by atoms with Crippen LogP contribution in [0.15, 0.2) is 103 Å². The predicted molar refractivity (Wildman–Crippen MR) is 205 cm³/mol. The van der Waals surface area contributed by atoms with Gasteiger partial charge in [-0.3, -0.25) is 9.59 Å². The van der Waals surface area contributed by atoms with Gasteiger partial charge in [0.2, 0.25) is 0 Å². The second-order valence-electron chi connectivity index (χ2n) is 11.2. The van der Waals surface area contributed by atoms with Gasteiger partial charge >= 0.3 is 0 Å². The quantitative estimate of drug-likeness (QED) is 0.109. The number of aromatic amines is 2. The molecule has 2 heterocycles. The fraction of sp³-hybridized carbons (Fsp3) is 0.105. The minimum atomic E-state index is -0.166. The Morgan fingerprint density at radius 2 is 1.10 bits per heavy atom. The molecule has 0 aliphatic carbocycles. The van der Waals surface area contributed by atoms with Crippen molar-refractivity contribution in [3.63, 3.8) is 0 Å². The smallest absolute Gasteiger partial charge is 0.251 e. The Hall–Kier alpha value is -4.90. The van der Waals surface area contributed by atoms with Crippen molar-refractivity contribution in [3.8, 4) is 22.8 Å². The van der Waals surface area contributed by atoms with E-state index in [1.54, 1.807) is 79.9 Å². The number of benzene rings is 5. The summed E-state index contributed by atoms with van der Waals surface area (Å²) >= 11 is 25.0. The molecule has 0 atom stereocenters. The first kappa shape index (κ1) is 35.9. The number of ether oxygens (including phenoxy) is 1. The van der Waals surface area contributed by atoms with Gasteiger partial charge in [0.05, 0.1) is 59.9 Å². The number of H-pyrrole nitrogens is 2. The van der Waals surface area contributed by atoms with Gasteiger partial charge < -0.3 is 25.3 Å². The Bertz CT molecular complexity index is 2300. The number of nitrogens with zero attached hydrogens (tertiary/aromatic N) is 2. The van der Waals surface area contributed by atoms with Crippen LogP contribution in [0.2, 0.25) is 20.1 Å². The second-order valence-corrected chi connectivity index (χ2v) is 12.9. The third-order valence-corrected chi connectivity index (χ3v) is 9.03. The molecule has 4 N–H and O–H groups in total. The van der Waals surface area contributed by atoms with Crippen LogP contribution in [0.3, 0.4) is 0 Å². The SMILES string of the molecule is COCCNC(=O)c1ccc2nc(-c3c(Cl)cccc3Cl)[nH]c2c1.O=C(NCc1ccccc1)c1ccc2nc(-c3c(Cl)cccc3Cl)[nH]c2c1. The molecule has 0 unspecified atom stereocenters. The largest absolute Gasteiger partial charge is 0.383 e. The van der Waals surface area contributed by atoms with E-state index in [0.29, 0.717) is 73.7 Å². The van der Waals surface area contributed by atoms with E-state index in [1.807, 2.05) is 30.3 Å². The first-order valence-corrected chi connectivity index (χ1v) is 17.2. The molecule has 7 aromatic rings. The maximum atomic E-state index is 12.5. The standard InChI is InChI=1S/C21H15Cl2N3O.C17H15Cl2N3O2/c22-15-7-4-8-16(23)19(15)20-25-17-10-9-14(11-18(17)26-20)21(27)24-12-13-5-2-1-3-6-13;1-24-8-7-20-17(23)10-5-6-13-14(9-10)22-16(21-13)15-11(18)3-2-4-12(15)19/h1-11H,12H2,(H,24,27)(H,25,26);2-6,9H,7-8H2,1H3,(H,20,23)(H,21,22). The molecule has 9 nitrogen and oxygen atoms in total. The molecule has 0 fully saturated rings. The zero-order chi connectivity index (χ0) is 35.9. The minimum Gasteiger partial charge on any atom is -0.383 e. The molecule has 7 rings (SSSR count). The molecule has 0 aliphatic rings. The van der Waals surface area contributed by atoms with Crippen LogP contribution >= 0.6 is 46.4 Å². The predicted octanol–water partition coefficient (Wildman–Crippen LogP) is 9.38. The van der Waals surface area contributed by atoms with Gasteiger partial charge in [0, 0.05) is 31.3 Å². The van der Waals surface area contributed by atoms with Crippen molar-refractivity contribution in [1.29, 1.82) is 0 Å². The Labute approximate surface area is 313 Å². The molecule has 5 aromatic carbocycles. The van der Waals surface area contributed by atoms with Gasteiger partial charge in [0.25, 0.3) is 11.8 Å². The average molecular weight is 761 g/mol. The number of methoxy groups -OCH3 is 1. The lowest BCUT2D eigenvalue weighted by Crippen LogP contribution is -2.26. The van der Waals surface area contributed by atoms with Crippen molar-refractivity contribution in [1.82, 2.24) is 30.6 Å². The first-order valence-electron chi connectivity index (χ1n) is 15.7. The van der Waals surface area contributed by atoms with Gasteiger partial charge in [0.1, 0.15) is 11.6 Å². The van der Waals surface area contributed by atoms with Crippen molar-refractivity contribution in [2.45, 2.75) is 6.54 Å². The Morgan fingerprint density at radius 3 is 1.57 bits per heavy atom. The number of aromatic nitrogens is 4. The van der Waals surface area contributed by atoms with Gasteiger partial charge in [-0.05, 0) is 66.2 Å². The molecule has 51 heavy (non-hydrogen) atoms. The Balaban J connectivity index is 0.000000177. The average Bonchev–Trinajstić information content (AvgIpc) is 3.74. The van der Waals surface area contributed by atoms with Crippen molar-refractivity contribution in [2.24, 2.45) is 0 Å². The first-order chi connectivity index (χ1) is 24.7. The number of halogens is 4. The van der Waals surface area contributed by atoms with Gasteiger partial charge in [0.15, 0.2) is 0 Å². The topological polar surface area (TPSA) is 125 Å². The lowest BCUT2D eigenvalue weighted by Gasteiger charge is -2.05. The highest BCUT2D eigenvalue weighted by molar-refractivity contribution is 6.39. The molecule has 0 saturated heterocycles. The van der Waals surface area contributed by atoms with Crippen LogP contribution in [0.4, 0.5) is 0 Å². The molecule has 0 spiro atoms. The van der Waals surface area contributed by atoms with Crippen LogP contribution in [0, 0.1) is 0 Å². The van der Waals surface area contributed by atoms with Gasteiger partial charge in [-0.15, -0.1) is 0 Å². The lowest BCUT2D eigenvalue weighted by molar-refractivity contribution is 0.0933. The highest BCUT2D eigenvalue weighted by Gasteiger charge is 2.16. The monoisotopic (exact) mass is 758 g/mol. The number of amides is 2. The molecule has 2 amide bonds. The van der Waals surface area contributed by atoms with Crippen molar-refractivity contribution in [3.05, 3.63) is 140 Å². The number of hydrogen-bond acceptors (Lipinski definition) is 5. The number of carbonyl (C=O) groups excluding carboxylic acids is 2. The van der Waals surface area contributed by atoms with Crippen LogP contribution in [0.25, 0.3) is 44.8 Å². The number of hydrogen-bond donors (Lipinski definition) is 4. The van der Waals surface area contributed by atoms with Crippen molar-refractivity contribution < 1.29 is 14.3 Å². The van der Waals surface area contributed by atoms with Gasteiger partial charge in [-0.2, -0.15) is 0 Å². The molecular weight excluding hydrogens is 730 g/mol. The van der Waals surface area contributed by atoms with Crippen LogP contribution in [0.1, 0.15) is 26.3 Å². The number of fused-ring (bicyclic) bond motifs is 2. The minimum absolute atomic E-state index is 0.146. The fourth-order valence-corrected chi connectivity index (χ4v) is 6.39. The van der Waals surface area contributed by atoms with Crippen molar-refractivity contribution in [2.75, 3.05) is 20.3 Å². The van der Waals surface area contributed by atoms with Crippen molar-refractivity contribution >= 4 is 80.3 Å². The summed E-state index contributed by atoms with van der Waals surface area (Å²) in [6.45, 7) is 1.39. The Morgan fingerprint density at radius 1 is 0.627 bits per heavy atom. The third kappa shape index (κ3) is 8.53. The molecule has 0 radical (unpaired) electrons. The maximum absolute atomic E-state index is 12.5. The number of nitrogens with one attached hydrogen (secondary N) is 4. The van der Waals surface area contributed by atoms with E-state index in [2.05, 4.69) is 30.6 Å². The summed E-state index contributed by atoms with van der Waals surface area (Å²) in [5, 5.41) is 7.76. The summed E-state index contributed by atoms with van der Waals surface area (Å²) in [6, 6.07) is 31.0. The molecule has 0 aliphatic heterocycles. The van der Waals surface area contributed by atoms with Crippen LogP contribution in [-0.2, 0) is 11.3 Å². The normalized spacial score (nSPS) is 10.9. The zero-order valence-corrected chi connectivity index (χ0v) is 30.1. The van der Waals surface area contributed by atoms with Gasteiger partial charge in [-0.25, -0.2) is 9.97 Å². The molecule has 258 valence electrons. The maximum Gasteiger partial charge on any atom is 0.251 e. The van der Waals surface area contributed by atoms with Crippen LogP contribution in [0.5, 0.6) is 0 Å². The molecule has 0 saturated carbocycles. The molecular formula is C38H30Cl4N6O3. The second kappa shape index (κ2) is 16.4. The number of imidazole rings is 2. The van der Waals surface area contributed by atoms with E-state index < -0.39 is 0 Å².